The molecule has 0 spiro atoms. The molecule has 1 aliphatic carbocycles. The number of nitrogens with one attached hydrogen (secondary N) is 1. The Kier molecular flexibility index (Phi) is 2.92. The second-order valence-electron chi connectivity index (χ2n) is 4.96. The number of aryl methyl sites for hydroxylation is 2. The Morgan fingerprint density at radius 2 is 2.41 bits per heavy atom. The zero-order valence-electron chi connectivity index (χ0n) is 10.2. The monoisotopic (exact) mass is 250 g/mol. The molecule has 3 rings (SSSR count). The van der Waals surface area contributed by atoms with Crippen molar-refractivity contribution in [1.82, 2.24) is 10.2 Å². The van der Waals surface area contributed by atoms with Crippen LogP contribution in [-0.2, 0) is 12.8 Å². The molecule has 3 nitrogen and oxygen atoms in total. The van der Waals surface area contributed by atoms with Crippen molar-refractivity contribution in [2.24, 2.45) is 0 Å². The third kappa shape index (κ3) is 2.00. The van der Waals surface area contributed by atoms with E-state index in [4.69, 9.17) is 0 Å². The third-order valence-electron chi connectivity index (χ3n) is 3.72. The second kappa shape index (κ2) is 4.42. The molecule has 1 unspecified atom stereocenters. The zero-order valence-corrected chi connectivity index (χ0v) is 11.0. The van der Waals surface area contributed by atoms with Crippen molar-refractivity contribution >= 4 is 17.2 Å². The van der Waals surface area contributed by atoms with E-state index in [2.05, 4.69) is 18.3 Å². The minimum Gasteiger partial charge on any atom is -0.333 e. The zero-order chi connectivity index (χ0) is 11.8. The number of thiophene rings is 1. The van der Waals surface area contributed by atoms with E-state index in [1.165, 1.54) is 23.3 Å². The van der Waals surface area contributed by atoms with Crippen LogP contribution < -0.4 is 5.32 Å². The van der Waals surface area contributed by atoms with Crippen LogP contribution in [0.25, 0.3) is 0 Å². The lowest BCUT2D eigenvalue weighted by Crippen LogP contribution is -2.52. The number of hydrogen-bond donors (Lipinski definition) is 1. The summed E-state index contributed by atoms with van der Waals surface area (Å²) < 4.78 is 0. The first kappa shape index (κ1) is 11.2. The van der Waals surface area contributed by atoms with Gasteiger partial charge in [-0.3, -0.25) is 4.79 Å². The predicted molar refractivity (Wildman–Crippen MR) is 69.7 cm³/mol. The summed E-state index contributed by atoms with van der Waals surface area (Å²) in [5.41, 5.74) is 1.42. The molecular formula is C13H18N2OS. The van der Waals surface area contributed by atoms with Crippen LogP contribution in [0.3, 0.4) is 0 Å². The molecule has 2 aliphatic rings. The van der Waals surface area contributed by atoms with Crippen molar-refractivity contribution in [3.8, 4) is 0 Å². The van der Waals surface area contributed by atoms with Gasteiger partial charge in [0.15, 0.2) is 0 Å². The first-order valence-corrected chi connectivity index (χ1v) is 7.20. The fourth-order valence-electron chi connectivity index (χ4n) is 2.72. The summed E-state index contributed by atoms with van der Waals surface area (Å²) >= 11 is 1.71. The Balaban J connectivity index is 1.80. The van der Waals surface area contributed by atoms with Gasteiger partial charge in [0, 0.05) is 30.6 Å². The lowest BCUT2D eigenvalue weighted by Gasteiger charge is -2.33. The maximum absolute atomic E-state index is 12.4. The number of carbonyl (C=O) groups is 1. The summed E-state index contributed by atoms with van der Waals surface area (Å²) in [7, 11) is 0. The first-order valence-electron chi connectivity index (χ1n) is 6.39. The van der Waals surface area contributed by atoms with Crippen LogP contribution in [0.15, 0.2) is 6.07 Å². The van der Waals surface area contributed by atoms with Crippen LogP contribution in [0.1, 0.15) is 33.5 Å². The quantitative estimate of drug-likeness (QED) is 0.822. The Bertz CT molecular complexity index is 419. The van der Waals surface area contributed by atoms with E-state index in [0.29, 0.717) is 6.04 Å². The minimum atomic E-state index is 0.235. The van der Waals surface area contributed by atoms with Gasteiger partial charge in [-0.1, -0.05) is 0 Å². The maximum atomic E-state index is 12.4. The Morgan fingerprint density at radius 1 is 1.53 bits per heavy atom. The van der Waals surface area contributed by atoms with Gasteiger partial charge in [0.1, 0.15) is 0 Å². The highest BCUT2D eigenvalue weighted by Crippen LogP contribution is 2.31. The van der Waals surface area contributed by atoms with Crippen molar-refractivity contribution < 1.29 is 4.79 Å². The number of hydrogen-bond acceptors (Lipinski definition) is 3. The number of carbonyl (C=O) groups excluding carboxylic acids is 1. The maximum Gasteiger partial charge on any atom is 0.264 e. The van der Waals surface area contributed by atoms with E-state index >= 15 is 0 Å². The van der Waals surface area contributed by atoms with Crippen LogP contribution >= 0.6 is 11.3 Å². The Labute approximate surface area is 106 Å². The lowest BCUT2D eigenvalue weighted by atomic mass is 10.2. The molecule has 1 aromatic heterocycles. The van der Waals surface area contributed by atoms with Gasteiger partial charge in [0.05, 0.1) is 4.88 Å². The highest BCUT2D eigenvalue weighted by molar-refractivity contribution is 7.14. The fourth-order valence-corrected chi connectivity index (χ4v) is 3.93. The van der Waals surface area contributed by atoms with Gasteiger partial charge in [0.2, 0.25) is 0 Å². The van der Waals surface area contributed by atoms with E-state index in [9.17, 15) is 4.79 Å². The summed E-state index contributed by atoms with van der Waals surface area (Å²) in [6.45, 7) is 4.78. The first-order chi connectivity index (χ1) is 8.25. The lowest BCUT2D eigenvalue weighted by molar-refractivity contribution is 0.0660. The SMILES string of the molecule is CC1CNCCN1C(=O)c1cc2c(s1)CCC2. The number of amides is 1. The molecule has 1 N–H and O–H groups in total. The summed E-state index contributed by atoms with van der Waals surface area (Å²) in [6, 6.07) is 2.44. The minimum absolute atomic E-state index is 0.235. The average molecular weight is 250 g/mol. The standard InChI is InChI=1S/C13H18N2OS/c1-9-8-14-5-6-15(9)13(16)12-7-10-3-2-4-11(10)17-12/h7,9,14H,2-6,8H2,1H3. The van der Waals surface area contributed by atoms with Crippen LogP contribution in [0.2, 0.25) is 0 Å². The number of piperazine rings is 1. The molecule has 1 saturated heterocycles. The third-order valence-corrected chi connectivity index (χ3v) is 4.94. The molecule has 17 heavy (non-hydrogen) atoms. The van der Waals surface area contributed by atoms with Gasteiger partial charge < -0.3 is 10.2 Å². The largest absolute Gasteiger partial charge is 0.333 e. The van der Waals surface area contributed by atoms with Crippen LogP contribution in [0.4, 0.5) is 0 Å². The van der Waals surface area contributed by atoms with Crippen molar-refractivity contribution in [1.29, 1.82) is 0 Å². The van der Waals surface area contributed by atoms with Gasteiger partial charge in [-0.15, -0.1) is 11.3 Å². The van der Waals surface area contributed by atoms with E-state index < -0.39 is 0 Å². The summed E-state index contributed by atoms with van der Waals surface area (Å²) in [5.74, 6) is 0.235. The van der Waals surface area contributed by atoms with Crippen molar-refractivity contribution in [2.45, 2.75) is 32.2 Å². The topological polar surface area (TPSA) is 32.3 Å². The van der Waals surface area contributed by atoms with Gasteiger partial charge in [-0.05, 0) is 37.8 Å². The normalized spacial score (nSPS) is 23.8. The van der Waals surface area contributed by atoms with E-state index in [1.807, 2.05) is 4.90 Å². The smallest absolute Gasteiger partial charge is 0.264 e. The van der Waals surface area contributed by atoms with E-state index in [-0.39, 0.29) is 5.91 Å². The highest BCUT2D eigenvalue weighted by Gasteiger charge is 2.26. The van der Waals surface area contributed by atoms with Crippen LogP contribution in [0, 0.1) is 0 Å². The number of fused-ring (bicyclic) bond motifs is 1. The molecule has 0 radical (unpaired) electrons. The molecule has 1 amide bonds. The molecule has 1 aromatic rings. The van der Waals surface area contributed by atoms with E-state index in [0.717, 1.165) is 30.9 Å². The Morgan fingerprint density at radius 3 is 3.18 bits per heavy atom. The number of rotatable bonds is 1. The van der Waals surface area contributed by atoms with Crippen molar-refractivity contribution in [2.75, 3.05) is 19.6 Å². The average Bonchev–Trinajstić information content (AvgIpc) is 2.88. The molecule has 1 fully saturated rings. The fraction of sp³-hybridized carbons (Fsp3) is 0.615. The van der Waals surface area contributed by atoms with E-state index in [1.54, 1.807) is 11.3 Å². The predicted octanol–water partition coefficient (Wildman–Crippen LogP) is 1.67. The van der Waals surface area contributed by atoms with Crippen molar-refractivity contribution in [3.05, 3.63) is 21.4 Å². The summed E-state index contributed by atoms with van der Waals surface area (Å²) in [6.07, 6.45) is 3.60. The Hall–Kier alpha value is -0.870. The summed E-state index contributed by atoms with van der Waals surface area (Å²) in [4.78, 5) is 16.8. The second-order valence-corrected chi connectivity index (χ2v) is 6.10. The highest BCUT2D eigenvalue weighted by atomic mass is 32.1. The molecule has 4 heteroatoms. The van der Waals surface area contributed by atoms with Gasteiger partial charge >= 0.3 is 0 Å². The van der Waals surface area contributed by atoms with Crippen LogP contribution in [-0.4, -0.2) is 36.5 Å². The molecule has 0 bridgehead atoms. The molecule has 1 atom stereocenters. The van der Waals surface area contributed by atoms with Gasteiger partial charge in [-0.2, -0.15) is 0 Å². The summed E-state index contributed by atoms with van der Waals surface area (Å²) in [5, 5.41) is 3.32. The van der Waals surface area contributed by atoms with Gasteiger partial charge in [0.25, 0.3) is 5.91 Å². The van der Waals surface area contributed by atoms with Gasteiger partial charge in [-0.25, -0.2) is 0 Å². The molecule has 1 aliphatic heterocycles. The molecule has 2 heterocycles. The molecule has 0 saturated carbocycles. The van der Waals surface area contributed by atoms with Crippen molar-refractivity contribution in [3.63, 3.8) is 0 Å². The molecule has 0 aromatic carbocycles. The molecule has 92 valence electrons. The van der Waals surface area contributed by atoms with Crippen LogP contribution in [0.5, 0.6) is 0 Å². The molecular weight excluding hydrogens is 232 g/mol. The number of nitrogens with zero attached hydrogens (tertiary/aromatic N) is 1.